The highest BCUT2D eigenvalue weighted by Crippen LogP contribution is 2.23. The molecule has 1 amide bonds. The van der Waals surface area contributed by atoms with Crippen molar-refractivity contribution in [2.24, 2.45) is 0 Å². The summed E-state index contributed by atoms with van der Waals surface area (Å²) in [5.74, 6) is 1.48. The van der Waals surface area contributed by atoms with Gasteiger partial charge in [-0.1, -0.05) is 35.9 Å². The summed E-state index contributed by atoms with van der Waals surface area (Å²) in [5.41, 5.74) is 2.94. The summed E-state index contributed by atoms with van der Waals surface area (Å²) < 4.78 is 0. The van der Waals surface area contributed by atoms with E-state index in [1.165, 1.54) is 11.3 Å². The van der Waals surface area contributed by atoms with Crippen molar-refractivity contribution >= 4 is 46.1 Å². The Morgan fingerprint density at radius 1 is 0.938 bits per heavy atom. The fraction of sp³-hybridized carbons (Fsp3) is 0.174. The summed E-state index contributed by atoms with van der Waals surface area (Å²) in [5, 5.41) is 7.01. The monoisotopic (exact) mass is 445 g/mol. The van der Waals surface area contributed by atoms with E-state index in [1.807, 2.05) is 74.6 Å². The van der Waals surface area contributed by atoms with Gasteiger partial charge >= 0.3 is 0 Å². The van der Waals surface area contributed by atoms with Crippen LogP contribution in [0.25, 0.3) is 0 Å². The Morgan fingerprint density at radius 3 is 2.38 bits per heavy atom. The number of benzene rings is 2. The Balaban J connectivity index is 1.39. The second-order valence-electron chi connectivity index (χ2n) is 7.16. The van der Waals surface area contributed by atoms with E-state index in [1.54, 1.807) is 4.90 Å². The number of nitrogens with one attached hydrogen (secondary N) is 2. The predicted octanol–water partition coefficient (Wildman–Crippen LogP) is 4.64. The summed E-state index contributed by atoms with van der Waals surface area (Å²) in [6.45, 7) is 4.41. The molecule has 0 unspecified atom stereocenters. The van der Waals surface area contributed by atoms with E-state index in [9.17, 15) is 4.79 Å². The van der Waals surface area contributed by atoms with Gasteiger partial charge in [0.1, 0.15) is 5.82 Å². The number of hydrogen-bond acceptors (Lipinski definition) is 8. The summed E-state index contributed by atoms with van der Waals surface area (Å²) in [6.07, 6.45) is 3.37. The Labute approximate surface area is 190 Å². The zero-order valence-electron chi connectivity index (χ0n) is 17.8. The summed E-state index contributed by atoms with van der Waals surface area (Å²) in [7, 11) is 0. The van der Waals surface area contributed by atoms with E-state index in [0.29, 0.717) is 35.8 Å². The molecule has 0 fully saturated rings. The molecule has 0 atom stereocenters. The van der Waals surface area contributed by atoms with Crippen LogP contribution in [0, 0.1) is 13.8 Å². The molecule has 2 aromatic carbocycles. The number of amides is 1. The maximum Gasteiger partial charge on any atom is 0.234 e. The first kappa shape index (κ1) is 21.4. The highest BCUT2D eigenvalue weighted by molar-refractivity contribution is 7.15. The molecule has 0 aliphatic carbocycles. The van der Waals surface area contributed by atoms with Crippen molar-refractivity contribution in [2.45, 2.75) is 20.3 Å². The number of hydrogen-bond donors (Lipinski definition) is 2. The van der Waals surface area contributed by atoms with Crippen molar-refractivity contribution < 1.29 is 4.79 Å². The molecule has 162 valence electrons. The standard InChI is InChI=1S/C23H23N7OS/c1-16-8-10-19(11-9-16)30(15-31)13-12-20-14-24-23(32-20)29-22-26-17(2)25-21(28-22)27-18-6-4-3-5-7-18/h3-11,14-15H,12-13H2,1-2H3,(H2,24,25,26,27,28,29). The third kappa shape index (κ3) is 5.64. The summed E-state index contributed by atoms with van der Waals surface area (Å²) >= 11 is 1.51. The van der Waals surface area contributed by atoms with E-state index in [4.69, 9.17) is 0 Å². The van der Waals surface area contributed by atoms with Crippen LogP contribution >= 0.6 is 11.3 Å². The van der Waals surface area contributed by atoms with Crippen molar-refractivity contribution in [2.75, 3.05) is 22.1 Å². The number of nitrogens with zero attached hydrogens (tertiary/aromatic N) is 5. The van der Waals surface area contributed by atoms with Gasteiger partial charge in [-0.05, 0) is 38.1 Å². The van der Waals surface area contributed by atoms with Crippen molar-refractivity contribution in [3.63, 3.8) is 0 Å². The summed E-state index contributed by atoms with van der Waals surface area (Å²) in [4.78, 5) is 31.8. The fourth-order valence-electron chi connectivity index (χ4n) is 3.03. The van der Waals surface area contributed by atoms with Crippen molar-refractivity contribution in [3.05, 3.63) is 77.1 Å². The van der Waals surface area contributed by atoms with Crippen LogP contribution in [0.5, 0.6) is 0 Å². The molecule has 0 saturated heterocycles. The van der Waals surface area contributed by atoms with E-state index < -0.39 is 0 Å². The zero-order valence-corrected chi connectivity index (χ0v) is 18.6. The molecule has 4 rings (SSSR count). The number of anilines is 5. The number of aryl methyl sites for hydroxylation is 2. The van der Waals surface area contributed by atoms with Crippen LogP contribution in [0.3, 0.4) is 0 Å². The smallest absolute Gasteiger partial charge is 0.234 e. The minimum atomic E-state index is 0.422. The van der Waals surface area contributed by atoms with Crippen LogP contribution in [0.2, 0.25) is 0 Å². The van der Waals surface area contributed by atoms with Gasteiger partial charge in [0.2, 0.25) is 18.3 Å². The van der Waals surface area contributed by atoms with Crippen molar-refractivity contribution in [1.82, 2.24) is 19.9 Å². The van der Waals surface area contributed by atoms with Gasteiger partial charge in [0, 0.05) is 35.4 Å². The third-order valence-electron chi connectivity index (χ3n) is 4.64. The Kier molecular flexibility index (Phi) is 6.66. The molecule has 8 nitrogen and oxygen atoms in total. The minimum absolute atomic E-state index is 0.422. The molecule has 0 bridgehead atoms. The van der Waals surface area contributed by atoms with E-state index in [0.717, 1.165) is 28.2 Å². The maximum atomic E-state index is 11.5. The van der Waals surface area contributed by atoms with Gasteiger partial charge in [0.05, 0.1) is 0 Å². The van der Waals surface area contributed by atoms with Gasteiger partial charge in [0.25, 0.3) is 0 Å². The average molecular weight is 446 g/mol. The second kappa shape index (κ2) is 9.97. The van der Waals surface area contributed by atoms with E-state index in [2.05, 4.69) is 30.6 Å². The number of thiazole rings is 1. The van der Waals surface area contributed by atoms with Crippen LogP contribution in [0.1, 0.15) is 16.3 Å². The molecule has 0 aliphatic rings. The number of rotatable bonds is 9. The fourth-order valence-corrected chi connectivity index (χ4v) is 3.83. The lowest BCUT2D eigenvalue weighted by atomic mass is 10.2. The molecule has 0 aliphatic heterocycles. The van der Waals surface area contributed by atoms with E-state index in [-0.39, 0.29) is 0 Å². The average Bonchev–Trinajstić information content (AvgIpc) is 3.23. The van der Waals surface area contributed by atoms with Crippen LogP contribution < -0.4 is 15.5 Å². The first-order valence-electron chi connectivity index (χ1n) is 10.1. The van der Waals surface area contributed by atoms with Gasteiger partial charge in [-0.2, -0.15) is 15.0 Å². The lowest BCUT2D eigenvalue weighted by molar-refractivity contribution is -0.107. The zero-order chi connectivity index (χ0) is 22.3. The lowest BCUT2D eigenvalue weighted by Gasteiger charge is -2.16. The molecule has 0 radical (unpaired) electrons. The van der Waals surface area contributed by atoms with Gasteiger partial charge in [-0.25, -0.2) is 4.98 Å². The number of para-hydroxylation sites is 1. The normalized spacial score (nSPS) is 10.6. The van der Waals surface area contributed by atoms with Gasteiger partial charge < -0.3 is 10.2 Å². The van der Waals surface area contributed by atoms with Gasteiger partial charge in [-0.15, -0.1) is 11.3 Å². The highest BCUT2D eigenvalue weighted by atomic mass is 32.1. The minimum Gasteiger partial charge on any atom is -0.324 e. The van der Waals surface area contributed by atoms with Crippen LogP contribution in [-0.4, -0.2) is 32.9 Å². The van der Waals surface area contributed by atoms with E-state index >= 15 is 0 Å². The SMILES string of the molecule is Cc1ccc(N(C=O)CCc2cnc(Nc3nc(C)nc(Nc4ccccc4)n3)s2)cc1. The molecule has 2 N–H and O–H groups in total. The predicted molar refractivity (Wildman–Crippen MR) is 128 cm³/mol. The quantitative estimate of drug-likeness (QED) is 0.362. The first-order valence-corrected chi connectivity index (χ1v) is 11.0. The Hall–Kier alpha value is -3.85. The number of carbonyl (C=O) groups is 1. The molecular weight excluding hydrogens is 422 g/mol. The van der Waals surface area contributed by atoms with Crippen LogP contribution in [0.15, 0.2) is 60.8 Å². The topological polar surface area (TPSA) is 95.9 Å². The largest absolute Gasteiger partial charge is 0.324 e. The number of carbonyl (C=O) groups excluding carboxylic acids is 1. The molecule has 32 heavy (non-hydrogen) atoms. The summed E-state index contributed by atoms with van der Waals surface area (Å²) in [6, 6.07) is 17.6. The van der Waals surface area contributed by atoms with Crippen LogP contribution in [-0.2, 0) is 11.2 Å². The Bertz CT molecular complexity index is 1180. The van der Waals surface area contributed by atoms with Crippen molar-refractivity contribution in [1.29, 1.82) is 0 Å². The van der Waals surface area contributed by atoms with Gasteiger partial charge in [0.15, 0.2) is 5.13 Å². The lowest BCUT2D eigenvalue weighted by Crippen LogP contribution is -2.23. The molecule has 9 heteroatoms. The van der Waals surface area contributed by atoms with Gasteiger partial charge in [-0.3, -0.25) is 10.1 Å². The molecule has 4 aromatic rings. The highest BCUT2D eigenvalue weighted by Gasteiger charge is 2.10. The molecule has 2 heterocycles. The maximum absolute atomic E-state index is 11.5. The Morgan fingerprint density at radius 2 is 1.66 bits per heavy atom. The molecule has 2 aromatic heterocycles. The first-order chi connectivity index (χ1) is 15.6. The second-order valence-corrected chi connectivity index (χ2v) is 8.28. The molecule has 0 saturated carbocycles. The van der Waals surface area contributed by atoms with Crippen LogP contribution in [0.4, 0.5) is 28.4 Å². The van der Waals surface area contributed by atoms with Crippen molar-refractivity contribution in [3.8, 4) is 0 Å². The molecular formula is C23H23N7OS. The molecule has 0 spiro atoms. The third-order valence-corrected chi connectivity index (χ3v) is 5.61. The number of aromatic nitrogens is 4.